The number of alkyl halides is 1. The Hall–Kier alpha value is -1.88. The van der Waals surface area contributed by atoms with E-state index < -0.39 is 11.4 Å². The summed E-state index contributed by atoms with van der Waals surface area (Å²) in [4.78, 5) is 29.4. The zero-order chi connectivity index (χ0) is 15.0. The van der Waals surface area contributed by atoms with Crippen molar-refractivity contribution in [3.8, 4) is 0 Å². The Bertz CT molecular complexity index is 754. The van der Waals surface area contributed by atoms with Gasteiger partial charge in [-0.2, -0.15) is 0 Å². The van der Waals surface area contributed by atoms with Crippen LogP contribution >= 0.6 is 11.6 Å². The Balaban J connectivity index is 2.28. The zero-order valence-corrected chi connectivity index (χ0v) is 12.4. The molecule has 110 valence electrons. The molecule has 0 radical (unpaired) electrons. The first kappa shape index (κ1) is 14.1. The maximum Gasteiger partial charge on any atom is 0.262 e. The van der Waals surface area contributed by atoms with Crippen molar-refractivity contribution in [3.05, 3.63) is 40.4 Å². The van der Waals surface area contributed by atoms with Crippen molar-refractivity contribution in [1.82, 2.24) is 14.9 Å². The minimum Gasteiger partial charge on any atom is -0.354 e. The molecule has 0 bridgehead atoms. The predicted octanol–water partition coefficient (Wildman–Crippen LogP) is 2.15. The molecule has 2 heterocycles. The predicted molar refractivity (Wildman–Crippen MR) is 81.6 cm³/mol. The van der Waals surface area contributed by atoms with Crippen LogP contribution in [0.3, 0.4) is 0 Å². The topological polar surface area (TPSA) is 64.0 Å². The summed E-state index contributed by atoms with van der Waals surface area (Å²) in [7, 11) is 0. The average molecular weight is 306 g/mol. The van der Waals surface area contributed by atoms with E-state index in [0.717, 1.165) is 6.42 Å². The second-order valence-corrected chi connectivity index (χ2v) is 5.88. The zero-order valence-electron chi connectivity index (χ0n) is 11.7. The molecule has 2 atom stereocenters. The first-order chi connectivity index (χ1) is 10.1. The van der Waals surface area contributed by atoms with Crippen molar-refractivity contribution in [2.75, 3.05) is 6.54 Å². The van der Waals surface area contributed by atoms with Crippen LogP contribution in [0.25, 0.3) is 10.9 Å². The number of carbonyl (C=O) groups is 1. The fraction of sp³-hybridized carbons (Fsp3) is 0.400. The largest absolute Gasteiger partial charge is 0.354 e. The van der Waals surface area contributed by atoms with E-state index in [1.54, 1.807) is 25.1 Å². The van der Waals surface area contributed by atoms with E-state index in [0.29, 0.717) is 29.7 Å². The summed E-state index contributed by atoms with van der Waals surface area (Å²) in [5.74, 6) is 0.307. The first-order valence-electron chi connectivity index (χ1n) is 7.02. The number of hydrogen-bond acceptors (Lipinski definition) is 3. The molecule has 5 nitrogen and oxygen atoms in total. The summed E-state index contributed by atoms with van der Waals surface area (Å²) >= 11 is 6.19. The molecule has 6 heteroatoms. The number of fused-ring (bicyclic) bond motifs is 1. The van der Waals surface area contributed by atoms with Crippen LogP contribution < -0.4 is 10.9 Å². The highest BCUT2D eigenvalue weighted by molar-refractivity contribution is 6.20. The number of rotatable bonds is 2. The van der Waals surface area contributed by atoms with Crippen LogP contribution in [0, 0.1) is 0 Å². The van der Waals surface area contributed by atoms with E-state index >= 15 is 0 Å². The molecule has 1 aliphatic heterocycles. The van der Waals surface area contributed by atoms with Crippen LogP contribution in [0.2, 0.25) is 0 Å². The minimum atomic E-state index is -0.528. The summed E-state index contributed by atoms with van der Waals surface area (Å²) in [6.45, 7) is 2.41. The summed E-state index contributed by atoms with van der Waals surface area (Å²) in [5, 5.41) is 2.87. The number of nitrogens with one attached hydrogen (secondary N) is 1. The van der Waals surface area contributed by atoms with Gasteiger partial charge < -0.3 is 5.32 Å². The second-order valence-electron chi connectivity index (χ2n) is 5.23. The maximum atomic E-state index is 12.8. The monoisotopic (exact) mass is 305 g/mol. The SMILES string of the molecule is CC(Cl)c1nc2ccccc2c(=O)n1C1CCCNC1=O. The molecule has 1 aliphatic rings. The first-order valence-corrected chi connectivity index (χ1v) is 7.46. The van der Waals surface area contributed by atoms with Crippen LogP contribution in [0.15, 0.2) is 29.1 Å². The lowest BCUT2D eigenvalue weighted by Gasteiger charge is -2.26. The Morgan fingerprint density at radius 1 is 1.38 bits per heavy atom. The normalized spacial score (nSPS) is 20.3. The number of hydrogen-bond donors (Lipinski definition) is 1. The van der Waals surface area contributed by atoms with Gasteiger partial charge in [0.15, 0.2) is 0 Å². The van der Waals surface area contributed by atoms with Crippen molar-refractivity contribution in [1.29, 1.82) is 0 Å². The number of amides is 1. The molecule has 0 aliphatic carbocycles. The number of benzene rings is 1. The van der Waals surface area contributed by atoms with Gasteiger partial charge in [-0.1, -0.05) is 12.1 Å². The summed E-state index contributed by atoms with van der Waals surface area (Å²) in [6.07, 6.45) is 1.47. The Morgan fingerprint density at radius 2 is 2.14 bits per heavy atom. The van der Waals surface area contributed by atoms with Crippen molar-refractivity contribution < 1.29 is 4.79 Å². The van der Waals surface area contributed by atoms with Crippen molar-refractivity contribution >= 4 is 28.4 Å². The van der Waals surface area contributed by atoms with Gasteiger partial charge in [0, 0.05) is 6.54 Å². The molecule has 1 fully saturated rings. The number of halogens is 1. The lowest BCUT2D eigenvalue weighted by Crippen LogP contribution is -2.43. The third kappa shape index (κ3) is 2.42. The fourth-order valence-electron chi connectivity index (χ4n) is 2.75. The van der Waals surface area contributed by atoms with E-state index in [1.165, 1.54) is 4.57 Å². The molecule has 1 saturated heterocycles. The lowest BCUT2D eigenvalue weighted by atomic mass is 10.1. The van der Waals surface area contributed by atoms with E-state index in [2.05, 4.69) is 10.3 Å². The number of para-hydroxylation sites is 1. The third-order valence-corrected chi connectivity index (χ3v) is 3.95. The number of nitrogens with zero attached hydrogens (tertiary/aromatic N) is 2. The fourth-order valence-corrected chi connectivity index (χ4v) is 2.90. The molecule has 21 heavy (non-hydrogen) atoms. The van der Waals surface area contributed by atoms with Gasteiger partial charge in [0.2, 0.25) is 5.91 Å². The average Bonchev–Trinajstić information content (AvgIpc) is 2.48. The summed E-state index contributed by atoms with van der Waals surface area (Å²) < 4.78 is 1.47. The van der Waals surface area contributed by atoms with Gasteiger partial charge in [-0.25, -0.2) is 4.98 Å². The Labute approximate surface area is 126 Å². The minimum absolute atomic E-state index is 0.140. The Kier molecular flexibility index (Phi) is 3.68. The molecule has 3 rings (SSSR count). The molecule has 2 unspecified atom stereocenters. The highest BCUT2D eigenvalue weighted by Gasteiger charge is 2.29. The number of carbonyl (C=O) groups excluding carboxylic acids is 1. The molecular weight excluding hydrogens is 290 g/mol. The smallest absolute Gasteiger partial charge is 0.262 e. The van der Waals surface area contributed by atoms with Crippen LogP contribution in [0.4, 0.5) is 0 Å². The van der Waals surface area contributed by atoms with Gasteiger partial charge >= 0.3 is 0 Å². The van der Waals surface area contributed by atoms with E-state index in [-0.39, 0.29) is 11.5 Å². The second kappa shape index (κ2) is 5.48. The van der Waals surface area contributed by atoms with Gasteiger partial charge in [0.05, 0.1) is 16.3 Å². The molecule has 1 aromatic heterocycles. The molecule has 1 N–H and O–H groups in total. The van der Waals surface area contributed by atoms with Crippen molar-refractivity contribution in [3.63, 3.8) is 0 Å². The van der Waals surface area contributed by atoms with Crippen molar-refractivity contribution in [2.45, 2.75) is 31.2 Å². The molecule has 1 amide bonds. The van der Waals surface area contributed by atoms with Gasteiger partial charge in [0.25, 0.3) is 5.56 Å². The lowest BCUT2D eigenvalue weighted by molar-refractivity contribution is -0.126. The maximum absolute atomic E-state index is 12.8. The Morgan fingerprint density at radius 3 is 2.86 bits per heavy atom. The molecular formula is C15H16ClN3O2. The van der Waals surface area contributed by atoms with Crippen LogP contribution in [0.5, 0.6) is 0 Å². The molecule has 0 saturated carbocycles. The third-order valence-electron chi connectivity index (χ3n) is 3.76. The summed E-state index contributed by atoms with van der Waals surface area (Å²) in [5.41, 5.74) is 0.405. The van der Waals surface area contributed by atoms with E-state index in [4.69, 9.17) is 11.6 Å². The highest BCUT2D eigenvalue weighted by atomic mass is 35.5. The van der Waals surface area contributed by atoms with Crippen LogP contribution in [0.1, 0.15) is 37.0 Å². The van der Waals surface area contributed by atoms with E-state index in [9.17, 15) is 9.59 Å². The van der Waals surface area contributed by atoms with Gasteiger partial charge in [-0.3, -0.25) is 14.2 Å². The number of piperidine rings is 1. The molecule has 2 aromatic rings. The highest BCUT2D eigenvalue weighted by Crippen LogP contribution is 2.25. The molecule has 1 aromatic carbocycles. The van der Waals surface area contributed by atoms with Gasteiger partial charge in [-0.15, -0.1) is 11.6 Å². The van der Waals surface area contributed by atoms with Crippen LogP contribution in [-0.4, -0.2) is 22.0 Å². The quantitative estimate of drug-likeness (QED) is 0.865. The standard InChI is InChI=1S/C15H16ClN3O2/c1-9(16)13-18-11-6-3-2-5-10(11)15(21)19(13)12-7-4-8-17-14(12)20/h2-3,5-6,9,12H,4,7-8H2,1H3,(H,17,20). The summed E-state index contributed by atoms with van der Waals surface area (Å²) in [6, 6.07) is 6.60. The van der Waals surface area contributed by atoms with Crippen LogP contribution in [-0.2, 0) is 4.79 Å². The van der Waals surface area contributed by atoms with Gasteiger partial charge in [-0.05, 0) is 31.9 Å². The van der Waals surface area contributed by atoms with E-state index in [1.807, 2.05) is 6.07 Å². The van der Waals surface area contributed by atoms with Crippen molar-refractivity contribution in [2.24, 2.45) is 0 Å². The number of aromatic nitrogens is 2. The molecule has 0 spiro atoms. The van der Waals surface area contributed by atoms with Gasteiger partial charge in [0.1, 0.15) is 11.9 Å².